The predicted molar refractivity (Wildman–Crippen MR) is 60.8 cm³/mol. The second-order valence-corrected chi connectivity index (χ2v) is 4.12. The van der Waals surface area contributed by atoms with E-state index in [1.54, 1.807) is 6.20 Å². The number of hydrogen-bond acceptors (Lipinski definition) is 4. The molecule has 0 amide bonds. The molecule has 0 spiro atoms. The predicted octanol–water partition coefficient (Wildman–Crippen LogP) is 1.52. The fourth-order valence-electron chi connectivity index (χ4n) is 1.07. The summed E-state index contributed by atoms with van der Waals surface area (Å²) in [7, 11) is 0. The number of anilines is 1. The van der Waals surface area contributed by atoms with Crippen LogP contribution in [0, 0.1) is 19.8 Å². The summed E-state index contributed by atoms with van der Waals surface area (Å²) in [6.07, 6.45) is 1.34. The number of nitrogens with zero attached hydrogens (tertiary/aromatic N) is 2. The second-order valence-electron chi connectivity index (χ2n) is 4.12. The lowest BCUT2D eigenvalue weighted by Crippen LogP contribution is -2.25. The van der Waals surface area contributed by atoms with Gasteiger partial charge in [0.1, 0.15) is 5.82 Å². The molecule has 0 saturated carbocycles. The summed E-state index contributed by atoms with van der Waals surface area (Å²) in [4.78, 5) is 8.51. The van der Waals surface area contributed by atoms with Crippen LogP contribution in [0.2, 0.25) is 0 Å². The minimum absolute atomic E-state index is 0.247. The summed E-state index contributed by atoms with van der Waals surface area (Å²) in [6.45, 7) is 8.33. The van der Waals surface area contributed by atoms with Gasteiger partial charge in [0, 0.05) is 6.54 Å². The van der Waals surface area contributed by atoms with Gasteiger partial charge in [0.15, 0.2) is 0 Å². The summed E-state index contributed by atoms with van der Waals surface area (Å²) in [5, 5.41) is 12.7. The highest BCUT2D eigenvalue weighted by atomic mass is 16.3. The largest absolute Gasteiger partial charge is 0.391 e. The Balaban J connectivity index is 2.55. The molecule has 0 aliphatic rings. The number of aliphatic hydroxyl groups excluding tert-OH is 1. The number of aromatic nitrogens is 2. The Kier molecular flexibility index (Phi) is 4.03. The quantitative estimate of drug-likeness (QED) is 0.789. The number of aryl methyl sites for hydroxylation is 2. The van der Waals surface area contributed by atoms with Crippen LogP contribution in [0.5, 0.6) is 0 Å². The summed E-state index contributed by atoms with van der Waals surface area (Å²) >= 11 is 0. The highest BCUT2D eigenvalue weighted by Gasteiger charge is 2.08. The Morgan fingerprint density at radius 3 is 2.53 bits per heavy atom. The van der Waals surface area contributed by atoms with Crippen LogP contribution in [0.1, 0.15) is 25.2 Å². The van der Waals surface area contributed by atoms with Crippen molar-refractivity contribution >= 4 is 5.82 Å². The van der Waals surface area contributed by atoms with E-state index in [0.717, 1.165) is 17.2 Å². The zero-order valence-electron chi connectivity index (χ0n) is 9.78. The third-order valence-electron chi connectivity index (χ3n) is 2.45. The highest BCUT2D eigenvalue weighted by Crippen LogP contribution is 2.07. The van der Waals surface area contributed by atoms with E-state index in [9.17, 15) is 5.11 Å². The summed E-state index contributed by atoms with van der Waals surface area (Å²) in [5.41, 5.74) is 1.85. The van der Waals surface area contributed by atoms with Crippen LogP contribution in [-0.2, 0) is 0 Å². The lowest BCUT2D eigenvalue weighted by molar-refractivity contribution is 0.138. The first-order valence-corrected chi connectivity index (χ1v) is 5.23. The molecule has 0 fully saturated rings. The lowest BCUT2D eigenvalue weighted by atomic mass is 10.1. The molecule has 1 rings (SSSR count). The Morgan fingerprint density at radius 2 is 2.00 bits per heavy atom. The van der Waals surface area contributed by atoms with Crippen LogP contribution in [0.15, 0.2) is 6.20 Å². The van der Waals surface area contributed by atoms with Gasteiger partial charge in [-0.15, -0.1) is 0 Å². The molecule has 1 aromatic rings. The lowest BCUT2D eigenvalue weighted by Gasteiger charge is -2.15. The van der Waals surface area contributed by atoms with Gasteiger partial charge in [-0.3, -0.25) is 4.98 Å². The minimum atomic E-state index is -0.353. The van der Waals surface area contributed by atoms with E-state index in [1.165, 1.54) is 0 Å². The number of nitrogens with one attached hydrogen (secondary N) is 1. The van der Waals surface area contributed by atoms with E-state index in [1.807, 2.05) is 27.7 Å². The molecule has 0 aromatic carbocycles. The van der Waals surface area contributed by atoms with Crippen molar-refractivity contribution in [2.75, 3.05) is 11.9 Å². The SMILES string of the molecule is Cc1ncc(NCC(O)C(C)C)nc1C. The Labute approximate surface area is 90.8 Å². The maximum atomic E-state index is 9.60. The highest BCUT2D eigenvalue weighted by molar-refractivity contribution is 5.33. The van der Waals surface area contributed by atoms with Crippen molar-refractivity contribution < 1.29 is 5.11 Å². The van der Waals surface area contributed by atoms with E-state index in [2.05, 4.69) is 15.3 Å². The maximum absolute atomic E-state index is 9.60. The second kappa shape index (κ2) is 5.07. The Hall–Kier alpha value is -1.16. The molecule has 2 N–H and O–H groups in total. The van der Waals surface area contributed by atoms with E-state index in [0.29, 0.717) is 6.54 Å². The molecule has 4 nitrogen and oxygen atoms in total. The van der Waals surface area contributed by atoms with Crippen molar-refractivity contribution in [3.8, 4) is 0 Å². The average Bonchev–Trinajstić information content (AvgIpc) is 2.19. The van der Waals surface area contributed by atoms with Gasteiger partial charge < -0.3 is 10.4 Å². The fourth-order valence-corrected chi connectivity index (χ4v) is 1.07. The molecular weight excluding hydrogens is 190 g/mol. The van der Waals surface area contributed by atoms with Crippen molar-refractivity contribution in [1.82, 2.24) is 9.97 Å². The van der Waals surface area contributed by atoms with Crippen LogP contribution in [-0.4, -0.2) is 27.7 Å². The van der Waals surface area contributed by atoms with Crippen molar-refractivity contribution in [3.63, 3.8) is 0 Å². The van der Waals surface area contributed by atoms with Gasteiger partial charge in [0.25, 0.3) is 0 Å². The van der Waals surface area contributed by atoms with E-state index in [-0.39, 0.29) is 12.0 Å². The van der Waals surface area contributed by atoms with Gasteiger partial charge in [-0.2, -0.15) is 0 Å². The summed E-state index contributed by atoms with van der Waals surface area (Å²) in [6, 6.07) is 0. The molecule has 15 heavy (non-hydrogen) atoms. The molecule has 84 valence electrons. The molecule has 0 aliphatic carbocycles. The smallest absolute Gasteiger partial charge is 0.144 e. The first-order valence-electron chi connectivity index (χ1n) is 5.23. The monoisotopic (exact) mass is 209 g/mol. The first kappa shape index (κ1) is 11.9. The normalized spacial score (nSPS) is 12.9. The van der Waals surface area contributed by atoms with Gasteiger partial charge in [0.05, 0.1) is 23.7 Å². The van der Waals surface area contributed by atoms with Gasteiger partial charge in [-0.05, 0) is 19.8 Å². The van der Waals surface area contributed by atoms with E-state index >= 15 is 0 Å². The van der Waals surface area contributed by atoms with Crippen LogP contribution in [0.25, 0.3) is 0 Å². The zero-order valence-corrected chi connectivity index (χ0v) is 9.78. The van der Waals surface area contributed by atoms with Crippen LogP contribution < -0.4 is 5.32 Å². The van der Waals surface area contributed by atoms with Crippen LogP contribution >= 0.6 is 0 Å². The van der Waals surface area contributed by atoms with Crippen molar-refractivity contribution in [1.29, 1.82) is 0 Å². The molecule has 1 unspecified atom stereocenters. The average molecular weight is 209 g/mol. The molecule has 1 atom stereocenters. The number of rotatable bonds is 4. The topological polar surface area (TPSA) is 58.0 Å². The van der Waals surface area contributed by atoms with Crippen LogP contribution in [0.4, 0.5) is 5.82 Å². The molecule has 1 aromatic heterocycles. The molecule has 0 bridgehead atoms. The third-order valence-corrected chi connectivity index (χ3v) is 2.45. The molecular formula is C11H19N3O. The Bertz CT molecular complexity index is 326. The number of hydrogen-bond donors (Lipinski definition) is 2. The van der Waals surface area contributed by atoms with Crippen LogP contribution in [0.3, 0.4) is 0 Å². The van der Waals surface area contributed by atoms with Crippen molar-refractivity contribution in [2.45, 2.75) is 33.8 Å². The van der Waals surface area contributed by atoms with Gasteiger partial charge in [-0.1, -0.05) is 13.8 Å². The van der Waals surface area contributed by atoms with Gasteiger partial charge in [-0.25, -0.2) is 4.98 Å². The summed E-state index contributed by atoms with van der Waals surface area (Å²) < 4.78 is 0. The molecule has 1 heterocycles. The van der Waals surface area contributed by atoms with Crippen molar-refractivity contribution in [2.24, 2.45) is 5.92 Å². The molecule has 0 radical (unpaired) electrons. The molecule has 0 aliphatic heterocycles. The molecule has 4 heteroatoms. The Morgan fingerprint density at radius 1 is 1.33 bits per heavy atom. The van der Waals surface area contributed by atoms with E-state index in [4.69, 9.17) is 0 Å². The van der Waals surface area contributed by atoms with Gasteiger partial charge >= 0.3 is 0 Å². The summed E-state index contributed by atoms with van der Waals surface area (Å²) in [5.74, 6) is 0.967. The third kappa shape index (κ3) is 3.47. The minimum Gasteiger partial charge on any atom is -0.391 e. The van der Waals surface area contributed by atoms with Gasteiger partial charge in [0.2, 0.25) is 0 Å². The zero-order chi connectivity index (χ0) is 11.4. The first-order chi connectivity index (χ1) is 7.00. The van der Waals surface area contributed by atoms with Crippen molar-refractivity contribution in [3.05, 3.63) is 17.6 Å². The molecule has 0 saturated heterocycles. The fraction of sp³-hybridized carbons (Fsp3) is 0.636. The van der Waals surface area contributed by atoms with E-state index < -0.39 is 0 Å². The standard InChI is InChI=1S/C11H19N3O/c1-7(2)10(15)5-13-11-6-12-8(3)9(4)14-11/h6-7,10,15H,5H2,1-4H3,(H,13,14). The maximum Gasteiger partial charge on any atom is 0.144 e. The number of aliphatic hydroxyl groups is 1.